The van der Waals surface area contributed by atoms with Crippen molar-refractivity contribution >= 4 is 11.8 Å². The van der Waals surface area contributed by atoms with Crippen molar-refractivity contribution in [3.8, 4) is 5.75 Å². The Morgan fingerprint density at radius 1 is 1.33 bits per heavy atom. The van der Waals surface area contributed by atoms with Gasteiger partial charge >= 0.3 is 0 Å². The van der Waals surface area contributed by atoms with Gasteiger partial charge in [0.2, 0.25) is 5.91 Å². The second-order valence-electron chi connectivity index (χ2n) is 3.95. The van der Waals surface area contributed by atoms with Crippen LogP contribution in [0.1, 0.15) is 24.2 Å². The number of nitrogens with zero attached hydrogens (tertiary/aromatic N) is 1. The quantitative estimate of drug-likeness (QED) is 0.848. The van der Waals surface area contributed by atoms with Gasteiger partial charge < -0.3 is 15.4 Å². The molecule has 1 aromatic rings. The second kappa shape index (κ2) is 6.05. The van der Waals surface area contributed by atoms with E-state index in [-0.39, 0.29) is 5.91 Å². The molecule has 1 aromatic carbocycles. The molecular formula is C13H18N2O3. The van der Waals surface area contributed by atoms with E-state index in [1.165, 1.54) is 4.90 Å². The maximum Gasteiger partial charge on any atom is 0.254 e. The smallest absolute Gasteiger partial charge is 0.254 e. The largest absolute Gasteiger partial charge is 0.494 e. The highest BCUT2D eigenvalue weighted by atomic mass is 16.5. The number of hydrogen-bond acceptors (Lipinski definition) is 3. The van der Waals surface area contributed by atoms with Gasteiger partial charge in [0.25, 0.3) is 5.91 Å². The van der Waals surface area contributed by atoms with E-state index in [0.29, 0.717) is 17.9 Å². The lowest BCUT2D eigenvalue weighted by atomic mass is 10.1. The number of rotatable bonds is 5. The third kappa shape index (κ3) is 3.23. The fourth-order valence-electron chi connectivity index (χ4n) is 1.43. The number of ether oxygens (including phenoxy) is 1. The van der Waals surface area contributed by atoms with Crippen LogP contribution in [-0.2, 0) is 4.79 Å². The van der Waals surface area contributed by atoms with Crippen molar-refractivity contribution in [2.45, 2.75) is 19.9 Å². The molecular weight excluding hydrogens is 232 g/mol. The van der Waals surface area contributed by atoms with E-state index < -0.39 is 11.9 Å². The Kier molecular flexibility index (Phi) is 4.71. The first-order valence-electron chi connectivity index (χ1n) is 5.76. The van der Waals surface area contributed by atoms with E-state index in [9.17, 15) is 9.59 Å². The van der Waals surface area contributed by atoms with E-state index in [4.69, 9.17) is 10.5 Å². The topological polar surface area (TPSA) is 72.6 Å². The first kappa shape index (κ1) is 14.0. The normalized spacial score (nSPS) is 11.7. The summed E-state index contributed by atoms with van der Waals surface area (Å²) in [6.07, 6.45) is 0. The second-order valence-corrected chi connectivity index (χ2v) is 3.95. The zero-order valence-electron chi connectivity index (χ0n) is 10.8. The summed E-state index contributed by atoms with van der Waals surface area (Å²) in [6.45, 7) is 4.06. The fraction of sp³-hybridized carbons (Fsp3) is 0.385. The van der Waals surface area contributed by atoms with Crippen molar-refractivity contribution in [2.75, 3.05) is 13.7 Å². The highest BCUT2D eigenvalue weighted by Crippen LogP contribution is 2.14. The molecule has 2 N–H and O–H groups in total. The van der Waals surface area contributed by atoms with Gasteiger partial charge in [-0.05, 0) is 38.1 Å². The summed E-state index contributed by atoms with van der Waals surface area (Å²) < 4.78 is 5.29. The SMILES string of the molecule is CCOc1ccc(C(=O)N(C)[C@H](C)C(N)=O)cc1. The zero-order chi connectivity index (χ0) is 13.7. The molecule has 0 unspecified atom stereocenters. The van der Waals surface area contributed by atoms with Crippen LogP contribution in [0.2, 0.25) is 0 Å². The maximum absolute atomic E-state index is 12.0. The molecule has 0 spiro atoms. The molecule has 0 aliphatic carbocycles. The monoisotopic (exact) mass is 250 g/mol. The van der Waals surface area contributed by atoms with Crippen molar-refractivity contribution in [1.82, 2.24) is 4.90 Å². The Labute approximate surface area is 107 Å². The number of hydrogen-bond donors (Lipinski definition) is 1. The highest BCUT2D eigenvalue weighted by molar-refractivity contribution is 5.97. The van der Waals surface area contributed by atoms with E-state index in [0.717, 1.165) is 0 Å². The summed E-state index contributed by atoms with van der Waals surface area (Å²) in [6, 6.07) is 6.14. The van der Waals surface area contributed by atoms with Gasteiger partial charge in [0, 0.05) is 12.6 Å². The van der Waals surface area contributed by atoms with Gasteiger partial charge in [-0.25, -0.2) is 0 Å². The van der Waals surface area contributed by atoms with E-state index in [1.54, 1.807) is 38.2 Å². The molecule has 0 aromatic heterocycles. The molecule has 0 aliphatic rings. The predicted molar refractivity (Wildman–Crippen MR) is 68.4 cm³/mol. The van der Waals surface area contributed by atoms with Gasteiger partial charge in [0.1, 0.15) is 11.8 Å². The lowest BCUT2D eigenvalue weighted by Crippen LogP contribution is -2.43. The minimum Gasteiger partial charge on any atom is -0.494 e. The Morgan fingerprint density at radius 3 is 2.33 bits per heavy atom. The van der Waals surface area contributed by atoms with Crippen molar-refractivity contribution in [2.24, 2.45) is 5.73 Å². The molecule has 0 saturated heterocycles. The average molecular weight is 250 g/mol. The van der Waals surface area contributed by atoms with Crippen LogP contribution in [0.5, 0.6) is 5.75 Å². The molecule has 0 saturated carbocycles. The molecule has 0 fully saturated rings. The molecule has 0 heterocycles. The van der Waals surface area contributed by atoms with Gasteiger partial charge in [0.15, 0.2) is 0 Å². The summed E-state index contributed by atoms with van der Waals surface area (Å²) >= 11 is 0. The summed E-state index contributed by atoms with van der Waals surface area (Å²) in [4.78, 5) is 24.4. The summed E-state index contributed by atoms with van der Waals surface area (Å²) in [7, 11) is 1.55. The Bertz CT molecular complexity index is 428. The van der Waals surface area contributed by atoms with Crippen LogP contribution in [0.4, 0.5) is 0 Å². The third-order valence-electron chi connectivity index (χ3n) is 2.73. The summed E-state index contributed by atoms with van der Waals surface area (Å²) in [5.41, 5.74) is 5.66. The van der Waals surface area contributed by atoms with Crippen LogP contribution >= 0.6 is 0 Å². The number of amides is 2. The standard InChI is InChI=1S/C13H18N2O3/c1-4-18-11-7-5-10(6-8-11)13(17)15(3)9(2)12(14)16/h5-9H,4H2,1-3H3,(H2,14,16)/t9-/m1/s1. The van der Waals surface area contributed by atoms with Gasteiger partial charge in [-0.3, -0.25) is 9.59 Å². The number of primary amides is 1. The van der Waals surface area contributed by atoms with Crippen molar-refractivity contribution in [3.63, 3.8) is 0 Å². The number of carbonyl (C=O) groups excluding carboxylic acids is 2. The molecule has 18 heavy (non-hydrogen) atoms. The van der Waals surface area contributed by atoms with Gasteiger partial charge in [-0.1, -0.05) is 0 Å². The molecule has 0 aliphatic heterocycles. The van der Waals surface area contributed by atoms with Gasteiger partial charge in [-0.15, -0.1) is 0 Å². The first-order chi connectivity index (χ1) is 8.47. The number of benzene rings is 1. The highest BCUT2D eigenvalue weighted by Gasteiger charge is 2.21. The number of nitrogens with two attached hydrogens (primary N) is 1. The van der Waals surface area contributed by atoms with Crippen LogP contribution in [0.3, 0.4) is 0 Å². The van der Waals surface area contributed by atoms with Crippen LogP contribution in [0, 0.1) is 0 Å². The lowest BCUT2D eigenvalue weighted by molar-refractivity contribution is -0.121. The Balaban J connectivity index is 2.80. The minimum atomic E-state index is -0.635. The van der Waals surface area contributed by atoms with Crippen LogP contribution in [-0.4, -0.2) is 36.4 Å². The fourth-order valence-corrected chi connectivity index (χ4v) is 1.43. The van der Waals surface area contributed by atoms with E-state index in [1.807, 2.05) is 6.92 Å². The average Bonchev–Trinajstić information content (AvgIpc) is 2.37. The Hall–Kier alpha value is -2.04. The van der Waals surface area contributed by atoms with Gasteiger partial charge in [0.05, 0.1) is 6.61 Å². The zero-order valence-corrected chi connectivity index (χ0v) is 10.8. The van der Waals surface area contributed by atoms with E-state index >= 15 is 0 Å². The number of carbonyl (C=O) groups is 2. The molecule has 5 heteroatoms. The van der Waals surface area contributed by atoms with E-state index in [2.05, 4.69) is 0 Å². The van der Waals surface area contributed by atoms with Crippen molar-refractivity contribution in [1.29, 1.82) is 0 Å². The van der Waals surface area contributed by atoms with Crippen molar-refractivity contribution < 1.29 is 14.3 Å². The third-order valence-corrected chi connectivity index (χ3v) is 2.73. The number of likely N-dealkylation sites (N-methyl/N-ethyl adjacent to an activating group) is 1. The summed E-state index contributed by atoms with van der Waals surface area (Å²) in [5.74, 6) is -0.0687. The Morgan fingerprint density at radius 2 is 1.89 bits per heavy atom. The minimum absolute atomic E-state index is 0.246. The van der Waals surface area contributed by atoms with Crippen LogP contribution in [0.15, 0.2) is 24.3 Å². The molecule has 5 nitrogen and oxygen atoms in total. The first-order valence-corrected chi connectivity index (χ1v) is 5.76. The summed E-state index contributed by atoms with van der Waals surface area (Å²) in [5, 5.41) is 0. The molecule has 0 bridgehead atoms. The van der Waals surface area contributed by atoms with Crippen molar-refractivity contribution in [3.05, 3.63) is 29.8 Å². The van der Waals surface area contributed by atoms with Crippen LogP contribution < -0.4 is 10.5 Å². The molecule has 1 atom stereocenters. The molecule has 2 amide bonds. The predicted octanol–water partition coefficient (Wildman–Crippen LogP) is 1.03. The maximum atomic E-state index is 12.0. The van der Waals surface area contributed by atoms with Gasteiger partial charge in [-0.2, -0.15) is 0 Å². The lowest BCUT2D eigenvalue weighted by Gasteiger charge is -2.22. The molecule has 98 valence electrons. The molecule has 0 radical (unpaired) electrons. The van der Waals surface area contributed by atoms with Crippen LogP contribution in [0.25, 0.3) is 0 Å². The molecule has 1 rings (SSSR count).